The van der Waals surface area contributed by atoms with Gasteiger partial charge in [0, 0.05) is 31.3 Å². The number of ether oxygens (including phenoxy) is 2. The van der Waals surface area contributed by atoms with Crippen LogP contribution >= 0.6 is 0 Å². The van der Waals surface area contributed by atoms with Gasteiger partial charge in [0.2, 0.25) is 0 Å². The lowest BCUT2D eigenvalue weighted by molar-refractivity contribution is -0.137. The summed E-state index contributed by atoms with van der Waals surface area (Å²) in [5, 5.41) is 2.79. The average Bonchev–Trinajstić information content (AvgIpc) is 3.54. The summed E-state index contributed by atoms with van der Waals surface area (Å²) in [7, 11) is 0. The van der Waals surface area contributed by atoms with Crippen LogP contribution in [0.25, 0.3) is 11.4 Å². The van der Waals surface area contributed by atoms with Crippen LogP contribution in [0.1, 0.15) is 18.4 Å². The zero-order valence-corrected chi connectivity index (χ0v) is 19.5. The van der Waals surface area contributed by atoms with Gasteiger partial charge in [-0.25, -0.2) is 19.7 Å². The quantitative estimate of drug-likeness (QED) is 0.563. The van der Waals surface area contributed by atoms with Crippen LogP contribution < -0.4 is 19.9 Å². The molecular weight excluding hydrogens is 491 g/mol. The number of amides is 2. The Kier molecular flexibility index (Phi) is 5.78. The van der Waals surface area contributed by atoms with Gasteiger partial charge in [0.05, 0.1) is 36.7 Å². The van der Waals surface area contributed by atoms with E-state index in [2.05, 4.69) is 30.2 Å². The summed E-state index contributed by atoms with van der Waals surface area (Å²) in [5.74, 6) is 0.687. The number of rotatable bonds is 4. The summed E-state index contributed by atoms with van der Waals surface area (Å²) in [6.07, 6.45) is -0.149. The lowest BCUT2D eigenvalue weighted by Crippen LogP contribution is -2.48. The minimum Gasteiger partial charge on any atom is -0.458 e. The fraction of sp³-hybridized carbons (Fsp3) is 0.375. The molecule has 2 atom stereocenters. The summed E-state index contributed by atoms with van der Waals surface area (Å²) in [6, 6.07) is 5.88. The van der Waals surface area contributed by atoms with Gasteiger partial charge in [0.25, 0.3) is 0 Å². The highest BCUT2D eigenvalue weighted by atomic mass is 19.4. The number of carbonyl (C=O) groups is 1. The molecule has 2 fully saturated rings. The van der Waals surface area contributed by atoms with Crippen molar-refractivity contribution in [3.8, 4) is 17.4 Å². The molecule has 2 amide bonds. The third-order valence-electron chi connectivity index (χ3n) is 6.54. The number of hydrogen-bond acceptors (Lipinski definition) is 8. The number of anilines is 3. The molecule has 1 aromatic carbocycles. The van der Waals surface area contributed by atoms with Crippen LogP contribution in [-0.2, 0) is 10.9 Å². The fourth-order valence-electron chi connectivity index (χ4n) is 4.74. The molecule has 10 nitrogen and oxygen atoms in total. The fourth-order valence-corrected chi connectivity index (χ4v) is 4.74. The van der Waals surface area contributed by atoms with Crippen molar-refractivity contribution in [1.29, 1.82) is 0 Å². The second-order valence-electron chi connectivity index (χ2n) is 9.00. The minimum atomic E-state index is -4.49. The Morgan fingerprint density at radius 1 is 1.16 bits per heavy atom. The molecule has 37 heavy (non-hydrogen) atoms. The maximum absolute atomic E-state index is 13.5. The zero-order valence-electron chi connectivity index (χ0n) is 19.5. The molecule has 3 aromatic rings. The van der Waals surface area contributed by atoms with Gasteiger partial charge in [-0.2, -0.15) is 18.2 Å². The van der Waals surface area contributed by atoms with Crippen molar-refractivity contribution < 1.29 is 27.4 Å². The second-order valence-corrected chi connectivity index (χ2v) is 9.00. The molecule has 1 N–H and O–H groups in total. The number of urea groups is 1. The highest BCUT2D eigenvalue weighted by Gasteiger charge is 2.41. The van der Waals surface area contributed by atoms with E-state index in [0.717, 1.165) is 18.6 Å². The number of aromatic nitrogens is 4. The molecule has 0 aliphatic carbocycles. The van der Waals surface area contributed by atoms with Crippen molar-refractivity contribution >= 4 is 23.4 Å². The van der Waals surface area contributed by atoms with Crippen molar-refractivity contribution in [2.24, 2.45) is 0 Å². The van der Waals surface area contributed by atoms with E-state index in [9.17, 15) is 18.0 Å². The molecule has 1 unspecified atom stereocenters. The van der Waals surface area contributed by atoms with E-state index in [0.29, 0.717) is 44.2 Å². The Morgan fingerprint density at radius 2 is 2.05 bits per heavy atom. The number of hydrogen-bond donors (Lipinski definition) is 1. The van der Waals surface area contributed by atoms with Gasteiger partial charge in [0.1, 0.15) is 11.9 Å². The van der Waals surface area contributed by atoms with Crippen molar-refractivity contribution in [3.63, 3.8) is 0 Å². The SMILES string of the molecule is O=C(Nc1ccnc(OC2CCOC2)n1)N1c2nc(-c3cccc(C(F)(F)F)c3)ncc2N2CC[C@H]1C2. The summed E-state index contributed by atoms with van der Waals surface area (Å²) in [5.41, 5.74) is 0.0580. The standard InChI is InChI=1S/C24H22F3N7O3/c25-24(26,27)15-3-1-2-14(10-15)20-29-11-18-21(32-20)34(16-5-8-33(18)12-16)23(35)31-19-4-7-28-22(30-19)37-17-6-9-36-13-17/h1-4,7,10-11,16-17H,5-6,8-9,12-13H2,(H,28,30,31,35)/t16-,17?/m0/s1. The number of benzene rings is 1. The molecule has 5 heterocycles. The normalized spacial score (nSPS) is 20.6. The smallest absolute Gasteiger partial charge is 0.416 e. The van der Waals surface area contributed by atoms with Gasteiger partial charge in [0.15, 0.2) is 11.6 Å². The molecule has 3 aliphatic heterocycles. The summed E-state index contributed by atoms with van der Waals surface area (Å²) in [4.78, 5) is 34.3. The van der Waals surface area contributed by atoms with E-state index in [4.69, 9.17) is 9.47 Å². The second kappa shape index (κ2) is 9.14. The van der Waals surface area contributed by atoms with Crippen molar-refractivity contribution in [2.45, 2.75) is 31.2 Å². The Labute approximate surface area is 209 Å². The molecule has 0 radical (unpaired) electrons. The largest absolute Gasteiger partial charge is 0.458 e. The van der Waals surface area contributed by atoms with Crippen LogP contribution in [0.3, 0.4) is 0 Å². The number of fused-ring (bicyclic) bond motifs is 4. The summed E-state index contributed by atoms with van der Waals surface area (Å²) >= 11 is 0. The molecular formula is C24H22F3N7O3. The summed E-state index contributed by atoms with van der Waals surface area (Å²) in [6.45, 7) is 2.38. The molecule has 2 aromatic heterocycles. The van der Waals surface area contributed by atoms with Gasteiger partial charge in [-0.3, -0.25) is 10.2 Å². The van der Waals surface area contributed by atoms with Gasteiger partial charge in [-0.1, -0.05) is 12.1 Å². The van der Waals surface area contributed by atoms with Crippen LogP contribution in [-0.4, -0.2) is 64.4 Å². The van der Waals surface area contributed by atoms with E-state index >= 15 is 0 Å². The third-order valence-corrected chi connectivity index (χ3v) is 6.54. The molecule has 192 valence electrons. The molecule has 3 aliphatic rings. The molecule has 0 spiro atoms. The number of nitrogens with zero attached hydrogens (tertiary/aromatic N) is 6. The predicted molar refractivity (Wildman–Crippen MR) is 126 cm³/mol. The van der Waals surface area contributed by atoms with E-state index in [1.807, 2.05) is 0 Å². The van der Waals surface area contributed by atoms with Gasteiger partial charge >= 0.3 is 18.2 Å². The van der Waals surface area contributed by atoms with E-state index in [1.54, 1.807) is 12.3 Å². The average molecular weight is 513 g/mol. The van der Waals surface area contributed by atoms with Crippen LogP contribution in [0.4, 0.5) is 35.3 Å². The lowest BCUT2D eigenvalue weighted by Gasteiger charge is -2.35. The van der Waals surface area contributed by atoms with E-state index in [1.165, 1.54) is 23.2 Å². The lowest BCUT2D eigenvalue weighted by atomic mass is 10.1. The zero-order chi connectivity index (χ0) is 25.6. The number of nitrogens with one attached hydrogen (secondary N) is 1. The Hall–Kier alpha value is -4.00. The topological polar surface area (TPSA) is 106 Å². The Balaban J connectivity index is 1.29. The van der Waals surface area contributed by atoms with Crippen molar-refractivity contribution in [1.82, 2.24) is 19.9 Å². The molecule has 2 saturated heterocycles. The monoisotopic (exact) mass is 513 g/mol. The molecule has 6 rings (SSSR count). The highest BCUT2D eigenvalue weighted by molar-refractivity contribution is 6.04. The third kappa shape index (κ3) is 4.61. The first-order valence-corrected chi connectivity index (χ1v) is 11.8. The predicted octanol–water partition coefficient (Wildman–Crippen LogP) is 3.75. The number of alkyl halides is 3. The first kappa shape index (κ1) is 23.4. The first-order valence-electron chi connectivity index (χ1n) is 11.8. The van der Waals surface area contributed by atoms with E-state index in [-0.39, 0.29) is 35.4 Å². The molecule has 2 bridgehead atoms. The maximum atomic E-state index is 13.5. The molecule has 0 saturated carbocycles. The number of carbonyl (C=O) groups excluding carboxylic acids is 1. The van der Waals surface area contributed by atoms with Crippen LogP contribution in [0.15, 0.2) is 42.7 Å². The number of halogens is 3. The molecule has 13 heteroatoms. The Bertz CT molecular complexity index is 1330. The van der Waals surface area contributed by atoms with Crippen molar-refractivity contribution in [2.75, 3.05) is 41.4 Å². The first-order chi connectivity index (χ1) is 17.8. The van der Waals surface area contributed by atoms with Gasteiger partial charge < -0.3 is 14.4 Å². The van der Waals surface area contributed by atoms with Crippen LogP contribution in [0, 0.1) is 0 Å². The minimum absolute atomic E-state index is 0.0988. The van der Waals surface area contributed by atoms with E-state index < -0.39 is 17.8 Å². The maximum Gasteiger partial charge on any atom is 0.416 e. The summed E-state index contributed by atoms with van der Waals surface area (Å²) < 4.78 is 50.8. The van der Waals surface area contributed by atoms with Crippen LogP contribution in [0.2, 0.25) is 0 Å². The van der Waals surface area contributed by atoms with Gasteiger partial charge in [-0.05, 0) is 24.6 Å². The van der Waals surface area contributed by atoms with Gasteiger partial charge in [-0.15, -0.1) is 0 Å². The van der Waals surface area contributed by atoms with Crippen LogP contribution in [0.5, 0.6) is 6.01 Å². The van der Waals surface area contributed by atoms with Crippen molar-refractivity contribution in [3.05, 3.63) is 48.3 Å². The Morgan fingerprint density at radius 3 is 2.86 bits per heavy atom. The highest BCUT2D eigenvalue weighted by Crippen LogP contribution is 2.40.